The number of carboxylic acid groups (broad SMARTS) is 1. The smallest absolute Gasteiger partial charge is 0.306 e. The van der Waals surface area contributed by atoms with Gasteiger partial charge in [-0.05, 0) is 36.8 Å². The minimum Gasteiger partial charge on any atom is -0.481 e. The number of nitrogens with zero attached hydrogens (tertiary/aromatic N) is 2. The highest BCUT2D eigenvalue weighted by molar-refractivity contribution is 7.89. The van der Waals surface area contributed by atoms with E-state index >= 15 is 0 Å². The van der Waals surface area contributed by atoms with Crippen LogP contribution >= 0.6 is 11.6 Å². The van der Waals surface area contributed by atoms with Gasteiger partial charge in [0, 0.05) is 31.3 Å². The number of likely N-dealkylation sites (N-methyl/N-ethyl adjacent to an activating group) is 1. The van der Waals surface area contributed by atoms with Crippen LogP contribution in [0.15, 0.2) is 41.3 Å². The van der Waals surface area contributed by atoms with Crippen LogP contribution in [0.2, 0.25) is 5.02 Å². The van der Waals surface area contributed by atoms with Gasteiger partial charge in [0.25, 0.3) is 0 Å². The van der Waals surface area contributed by atoms with Gasteiger partial charge >= 0.3 is 5.97 Å². The van der Waals surface area contributed by atoms with Crippen LogP contribution in [-0.4, -0.2) is 55.1 Å². The number of hydrogen-bond acceptors (Lipinski definition) is 5. The fourth-order valence-electron chi connectivity index (χ4n) is 3.00. The first-order valence-electron chi connectivity index (χ1n) is 9.29. The molecule has 7 nitrogen and oxygen atoms in total. The molecule has 1 N–H and O–H groups in total. The summed E-state index contributed by atoms with van der Waals surface area (Å²) < 4.78 is 31.8. The van der Waals surface area contributed by atoms with Gasteiger partial charge < -0.3 is 9.84 Å². The SMILES string of the molecule is CCC(Cc1cccc(-c2ccc(S(=O)(=O)N(C)CC3CO3)cc2Cl)n1)C(=O)O. The summed E-state index contributed by atoms with van der Waals surface area (Å²) >= 11 is 6.39. The van der Waals surface area contributed by atoms with Crippen LogP contribution < -0.4 is 0 Å². The van der Waals surface area contributed by atoms with E-state index < -0.39 is 21.9 Å². The van der Waals surface area contributed by atoms with Crippen molar-refractivity contribution in [3.8, 4) is 11.3 Å². The lowest BCUT2D eigenvalue weighted by molar-refractivity contribution is -0.141. The van der Waals surface area contributed by atoms with E-state index in [0.29, 0.717) is 42.9 Å². The number of sulfonamides is 1. The summed E-state index contributed by atoms with van der Waals surface area (Å²) in [7, 11) is -2.16. The number of aromatic nitrogens is 1. The predicted octanol–water partition coefficient (Wildman–Crippen LogP) is 3.07. The molecule has 3 rings (SSSR count). The molecule has 1 aromatic heterocycles. The quantitative estimate of drug-likeness (QED) is 0.604. The number of epoxide rings is 1. The Bertz CT molecular complexity index is 1010. The number of halogens is 1. The molecular formula is C20H23ClN2O5S. The molecule has 2 unspecified atom stereocenters. The summed E-state index contributed by atoms with van der Waals surface area (Å²) in [5.74, 6) is -1.36. The molecule has 1 aliphatic heterocycles. The van der Waals surface area contributed by atoms with Gasteiger partial charge in [-0.2, -0.15) is 4.31 Å². The average Bonchev–Trinajstić information content (AvgIpc) is 3.50. The molecule has 9 heteroatoms. The molecule has 1 aromatic carbocycles. The Morgan fingerprint density at radius 3 is 2.69 bits per heavy atom. The van der Waals surface area contributed by atoms with E-state index in [-0.39, 0.29) is 16.0 Å². The highest BCUT2D eigenvalue weighted by atomic mass is 35.5. The summed E-state index contributed by atoms with van der Waals surface area (Å²) in [6.07, 6.45) is 0.778. The molecule has 0 amide bonds. The predicted molar refractivity (Wildman–Crippen MR) is 109 cm³/mol. The van der Waals surface area contributed by atoms with Gasteiger partial charge in [0.2, 0.25) is 10.0 Å². The molecule has 1 aliphatic rings. The zero-order valence-electron chi connectivity index (χ0n) is 16.2. The maximum atomic E-state index is 12.7. The Balaban J connectivity index is 1.85. The Labute approximate surface area is 175 Å². The molecule has 0 aliphatic carbocycles. The van der Waals surface area contributed by atoms with Gasteiger partial charge in [0.15, 0.2) is 0 Å². The second-order valence-corrected chi connectivity index (χ2v) is 9.50. The number of pyridine rings is 1. The van der Waals surface area contributed by atoms with Crippen LogP contribution in [0.5, 0.6) is 0 Å². The minimum atomic E-state index is -3.67. The second-order valence-electron chi connectivity index (χ2n) is 7.04. The van der Waals surface area contributed by atoms with Crippen molar-refractivity contribution in [1.29, 1.82) is 0 Å². The molecule has 2 aromatic rings. The first-order valence-corrected chi connectivity index (χ1v) is 11.1. The van der Waals surface area contributed by atoms with Crippen LogP contribution in [0.3, 0.4) is 0 Å². The Morgan fingerprint density at radius 2 is 2.10 bits per heavy atom. The monoisotopic (exact) mass is 438 g/mol. The van der Waals surface area contributed by atoms with Gasteiger partial charge in [-0.15, -0.1) is 0 Å². The summed E-state index contributed by atoms with van der Waals surface area (Å²) in [5.41, 5.74) is 1.80. The summed E-state index contributed by atoms with van der Waals surface area (Å²) in [6, 6.07) is 9.86. The standard InChI is InChI=1S/C20H23ClN2O5S/c1-3-13(20(24)25)9-14-5-4-6-19(22-14)17-8-7-16(10-18(17)21)29(26,27)23(2)11-15-12-28-15/h4-8,10,13,15H,3,9,11-12H2,1-2H3,(H,24,25). The van der Waals surface area contributed by atoms with Crippen LogP contribution in [0, 0.1) is 5.92 Å². The molecule has 0 spiro atoms. The summed E-state index contributed by atoms with van der Waals surface area (Å²) in [4.78, 5) is 15.9. The van der Waals surface area contributed by atoms with Gasteiger partial charge in [-0.25, -0.2) is 8.42 Å². The Kier molecular flexibility index (Phi) is 6.58. The van der Waals surface area contributed by atoms with Crippen LogP contribution in [0.25, 0.3) is 11.3 Å². The molecule has 1 saturated heterocycles. The normalized spacial score (nSPS) is 17.3. The maximum Gasteiger partial charge on any atom is 0.306 e. The number of rotatable bonds is 9. The van der Waals surface area contributed by atoms with Crippen molar-refractivity contribution in [2.45, 2.75) is 30.8 Å². The van der Waals surface area contributed by atoms with E-state index in [9.17, 15) is 18.3 Å². The second kappa shape index (κ2) is 8.79. The first kappa shape index (κ1) is 21.7. The third kappa shape index (κ3) is 5.14. The molecule has 2 atom stereocenters. The fourth-order valence-corrected chi connectivity index (χ4v) is 4.58. The molecule has 156 valence electrons. The fraction of sp³-hybridized carbons (Fsp3) is 0.400. The third-order valence-corrected chi connectivity index (χ3v) is 7.02. The van der Waals surface area contributed by atoms with E-state index in [4.69, 9.17) is 16.3 Å². The number of hydrogen-bond donors (Lipinski definition) is 1. The maximum absolute atomic E-state index is 12.7. The van der Waals surface area contributed by atoms with Gasteiger partial charge in [0.05, 0.1) is 34.2 Å². The highest BCUT2D eigenvalue weighted by Gasteiger charge is 2.30. The summed E-state index contributed by atoms with van der Waals surface area (Å²) in [6.45, 7) is 2.70. The highest BCUT2D eigenvalue weighted by Crippen LogP contribution is 2.30. The van der Waals surface area contributed by atoms with E-state index in [1.165, 1.54) is 23.5 Å². The number of carboxylic acids is 1. The molecule has 0 saturated carbocycles. The Morgan fingerprint density at radius 1 is 1.38 bits per heavy atom. The van der Waals surface area contributed by atoms with Crippen molar-refractivity contribution in [1.82, 2.24) is 9.29 Å². The molecule has 0 bridgehead atoms. The van der Waals surface area contributed by atoms with E-state index in [1.54, 1.807) is 24.3 Å². The molecular weight excluding hydrogens is 416 g/mol. The van der Waals surface area contributed by atoms with E-state index in [1.807, 2.05) is 6.92 Å². The topological polar surface area (TPSA) is 100 Å². The number of aliphatic carboxylic acids is 1. The number of benzene rings is 1. The van der Waals surface area contributed by atoms with Crippen molar-refractivity contribution in [3.05, 3.63) is 47.1 Å². The lowest BCUT2D eigenvalue weighted by Gasteiger charge is -2.17. The van der Waals surface area contributed by atoms with E-state index in [2.05, 4.69) is 4.98 Å². The van der Waals surface area contributed by atoms with Crippen molar-refractivity contribution in [3.63, 3.8) is 0 Å². The van der Waals surface area contributed by atoms with Crippen molar-refractivity contribution < 1.29 is 23.1 Å². The lowest BCUT2D eigenvalue weighted by Crippen LogP contribution is -2.30. The zero-order valence-corrected chi connectivity index (χ0v) is 17.8. The van der Waals surface area contributed by atoms with E-state index in [0.717, 1.165) is 0 Å². The largest absolute Gasteiger partial charge is 0.481 e. The van der Waals surface area contributed by atoms with Gasteiger partial charge in [-0.1, -0.05) is 24.6 Å². The average molecular weight is 439 g/mol. The minimum absolute atomic E-state index is 0.0470. The molecule has 2 heterocycles. The zero-order chi connectivity index (χ0) is 21.2. The van der Waals surface area contributed by atoms with Crippen molar-refractivity contribution in [2.24, 2.45) is 5.92 Å². The van der Waals surface area contributed by atoms with Gasteiger partial charge in [0.1, 0.15) is 0 Å². The third-order valence-electron chi connectivity index (χ3n) is 4.89. The number of carbonyl (C=O) groups is 1. The molecule has 1 fully saturated rings. The van der Waals surface area contributed by atoms with Crippen LogP contribution in [0.4, 0.5) is 0 Å². The lowest BCUT2D eigenvalue weighted by atomic mass is 10.00. The Hall–Kier alpha value is -2.00. The van der Waals surface area contributed by atoms with Crippen molar-refractivity contribution >= 4 is 27.6 Å². The molecule has 29 heavy (non-hydrogen) atoms. The van der Waals surface area contributed by atoms with Crippen molar-refractivity contribution in [2.75, 3.05) is 20.2 Å². The van der Waals surface area contributed by atoms with Crippen LogP contribution in [0.1, 0.15) is 19.0 Å². The first-order chi connectivity index (χ1) is 13.7. The molecule has 0 radical (unpaired) electrons. The summed E-state index contributed by atoms with van der Waals surface area (Å²) in [5, 5.41) is 9.52. The van der Waals surface area contributed by atoms with Gasteiger partial charge in [-0.3, -0.25) is 9.78 Å². The number of ether oxygens (including phenoxy) is 1. The van der Waals surface area contributed by atoms with Crippen LogP contribution in [-0.2, 0) is 26.0 Å².